The number of ketones is 2. The van der Waals surface area contributed by atoms with E-state index in [2.05, 4.69) is 13.8 Å². The summed E-state index contributed by atoms with van der Waals surface area (Å²) in [5.74, 6) is 2.62. The lowest BCUT2D eigenvalue weighted by atomic mass is 9.46. The van der Waals surface area contributed by atoms with Gasteiger partial charge in [-0.05, 0) is 80.1 Å². The van der Waals surface area contributed by atoms with Gasteiger partial charge in [0, 0.05) is 19.4 Å². The maximum Gasteiger partial charge on any atom is 0.155 e. The number of hydrogen-bond acceptors (Lipinski definition) is 3. The lowest BCUT2D eigenvalue weighted by Gasteiger charge is -2.57. The Morgan fingerprint density at radius 3 is 2.60 bits per heavy atom. The van der Waals surface area contributed by atoms with Crippen LogP contribution in [0.25, 0.3) is 0 Å². The molecule has 4 rings (SSSR count). The summed E-state index contributed by atoms with van der Waals surface area (Å²) in [7, 11) is 1.77. The minimum Gasteiger partial charge on any atom is -0.381 e. The van der Waals surface area contributed by atoms with Crippen molar-refractivity contribution in [2.45, 2.75) is 71.8 Å². The van der Waals surface area contributed by atoms with Crippen molar-refractivity contribution in [3.05, 3.63) is 11.6 Å². The summed E-state index contributed by atoms with van der Waals surface area (Å²) in [5, 5.41) is 0. The number of ether oxygens (including phenoxy) is 1. The third kappa shape index (κ3) is 2.34. The van der Waals surface area contributed by atoms with E-state index in [1.807, 2.05) is 6.08 Å². The molecular weight excluding hydrogens is 312 g/mol. The van der Waals surface area contributed by atoms with Gasteiger partial charge < -0.3 is 4.74 Å². The highest BCUT2D eigenvalue weighted by atomic mass is 16.5. The van der Waals surface area contributed by atoms with Crippen LogP contribution in [0.15, 0.2) is 11.6 Å². The molecule has 3 fully saturated rings. The fraction of sp³-hybridized carbons (Fsp3) is 0.818. The van der Waals surface area contributed by atoms with Crippen LogP contribution >= 0.6 is 0 Å². The monoisotopic (exact) mass is 344 g/mol. The number of carbonyl (C=O) groups excluding carboxylic acids is 2. The molecule has 138 valence electrons. The molecule has 4 aliphatic carbocycles. The number of rotatable bonds is 2. The molecule has 0 bridgehead atoms. The second-order valence-electron chi connectivity index (χ2n) is 9.61. The predicted molar refractivity (Wildman–Crippen MR) is 97.1 cm³/mol. The first kappa shape index (κ1) is 17.5. The Bertz CT molecular complexity index is 635. The second kappa shape index (κ2) is 5.77. The van der Waals surface area contributed by atoms with Crippen molar-refractivity contribution in [1.29, 1.82) is 0 Å². The van der Waals surface area contributed by atoms with E-state index in [1.165, 1.54) is 18.4 Å². The van der Waals surface area contributed by atoms with Crippen LogP contribution in [-0.2, 0) is 14.3 Å². The summed E-state index contributed by atoms with van der Waals surface area (Å²) in [6.45, 7) is 6.53. The van der Waals surface area contributed by atoms with E-state index in [9.17, 15) is 9.59 Å². The maximum absolute atomic E-state index is 12.4. The van der Waals surface area contributed by atoms with Gasteiger partial charge in [0.25, 0.3) is 0 Å². The summed E-state index contributed by atoms with van der Waals surface area (Å²) < 4.78 is 5.79. The largest absolute Gasteiger partial charge is 0.381 e. The number of methoxy groups -OCH3 is 1. The highest BCUT2D eigenvalue weighted by Gasteiger charge is 2.62. The third-order valence-corrected chi connectivity index (χ3v) is 8.71. The van der Waals surface area contributed by atoms with Gasteiger partial charge in [0.05, 0.1) is 6.10 Å². The van der Waals surface area contributed by atoms with Crippen molar-refractivity contribution < 1.29 is 14.3 Å². The Kier molecular flexibility index (Phi) is 4.03. The van der Waals surface area contributed by atoms with Crippen LogP contribution < -0.4 is 0 Å². The summed E-state index contributed by atoms with van der Waals surface area (Å²) in [4.78, 5) is 24.4. The zero-order chi connectivity index (χ0) is 18.0. The zero-order valence-corrected chi connectivity index (χ0v) is 16.1. The molecule has 3 nitrogen and oxygen atoms in total. The number of allylic oxidation sites excluding steroid dienone is 1. The van der Waals surface area contributed by atoms with Crippen molar-refractivity contribution in [1.82, 2.24) is 0 Å². The Hall–Kier alpha value is -0.960. The van der Waals surface area contributed by atoms with Crippen LogP contribution in [0, 0.1) is 34.5 Å². The lowest BCUT2D eigenvalue weighted by molar-refractivity contribution is -0.132. The average Bonchev–Trinajstić information content (AvgIpc) is 2.88. The van der Waals surface area contributed by atoms with E-state index in [1.54, 1.807) is 14.0 Å². The molecule has 0 aromatic rings. The second-order valence-corrected chi connectivity index (χ2v) is 9.61. The molecule has 3 heteroatoms. The van der Waals surface area contributed by atoms with E-state index in [0.717, 1.165) is 25.7 Å². The third-order valence-electron chi connectivity index (χ3n) is 8.71. The van der Waals surface area contributed by atoms with Gasteiger partial charge in [-0.25, -0.2) is 0 Å². The Morgan fingerprint density at radius 2 is 1.92 bits per heavy atom. The van der Waals surface area contributed by atoms with Crippen molar-refractivity contribution in [3.8, 4) is 0 Å². The molecule has 0 aromatic carbocycles. The molecule has 0 radical (unpaired) electrons. The van der Waals surface area contributed by atoms with Gasteiger partial charge in [0.1, 0.15) is 5.78 Å². The van der Waals surface area contributed by atoms with E-state index in [4.69, 9.17) is 4.74 Å². The SMILES string of the molecule is CO[C@@H]1C[C@@H]2[C@H]3CCC4=CC(=O)CC[C@@]4(C)[C@H]3CC[C@]2(C)[C@H]1C(C)=O. The van der Waals surface area contributed by atoms with Gasteiger partial charge in [-0.1, -0.05) is 19.4 Å². The maximum atomic E-state index is 12.4. The highest BCUT2D eigenvalue weighted by Crippen LogP contribution is 2.66. The average molecular weight is 344 g/mol. The summed E-state index contributed by atoms with van der Waals surface area (Å²) in [5.41, 5.74) is 1.71. The topological polar surface area (TPSA) is 43.4 Å². The fourth-order valence-corrected chi connectivity index (χ4v) is 7.51. The summed E-state index contributed by atoms with van der Waals surface area (Å²) in [6, 6.07) is 0. The van der Waals surface area contributed by atoms with E-state index in [-0.39, 0.29) is 22.9 Å². The minimum absolute atomic E-state index is 0.0566. The molecule has 0 aromatic heterocycles. The highest BCUT2D eigenvalue weighted by molar-refractivity contribution is 5.91. The first-order valence-electron chi connectivity index (χ1n) is 10.1. The molecule has 0 unspecified atom stereocenters. The molecule has 7 atom stereocenters. The van der Waals surface area contributed by atoms with Crippen LogP contribution in [0.4, 0.5) is 0 Å². The van der Waals surface area contributed by atoms with Gasteiger partial charge in [-0.3, -0.25) is 9.59 Å². The van der Waals surface area contributed by atoms with Gasteiger partial charge in [0.15, 0.2) is 5.78 Å². The summed E-state index contributed by atoms with van der Waals surface area (Å²) in [6.07, 6.45) is 9.39. The minimum atomic E-state index is 0.0566. The van der Waals surface area contributed by atoms with Crippen LogP contribution in [-0.4, -0.2) is 24.8 Å². The normalized spacial score (nSPS) is 49.0. The van der Waals surface area contributed by atoms with Gasteiger partial charge >= 0.3 is 0 Å². The number of Topliss-reactive ketones (excluding diaryl/α,β-unsaturated/α-hetero) is 1. The standard InChI is InChI=1S/C22H32O3/c1-13(23)20-19(25-4)12-18-16-6-5-14-11-15(24)7-9-21(14,2)17(16)8-10-22(18,20)3/h11,16-20H,5-10,12H2,1-4H3/t16-,17-,18+,19+,20-,21+,22-/m0/s1. The zero-order valence-electron chi connectivity index (χ0n) is 16.1. The van der Waals surface area contributed by atoms with Gasteiger partial charge in [0.2, 0.25) is 0 Å². The Balaban J connectivity index is 1.69. The van der Waals surface area contributed by atoms with Crippen molar-refractivity contribution >= 4 is 11.6 Å². The van der Waals surface area contributed by atoms with Crippen molar-refractivity contribution in [2.24, 2.45) is 34.5 Å². The quantitative estimate of drug-likeness (QED) is 0.748. The number of hydrogen-bond donors (Lipinski definition) is 0. The number of fused-ring (bicyclic) bond motifs is 5. The Labute approximate surface area is 151 Å². The van der Waals surface area contributed by atoms with Gasteiger partial charge in [-0.15, -0.1) is 0 Å². The number of carbonyl (C=O) groups is 2. The fourth-order valence-electron chi connectivity index (χ4n) is 7.51. The molecule has 0 spiro atoms. The molecule has 3 saturated carbocycles. The molecule has 0 aliphatic heterocycles. The molecule has 0 heterocycles. The summed E-state index contributed by atoms with van der Waals surface area (Å²) >= 11 is 0. The van der Waals surface area contributed by atoms with Crippen molar-refractivity contribution in [3.63, 3.8) is 0 Å². The predicted octanol–water partition coefficient (Wildman–Crippen LogP) is 4.35. The van der Waals surface area contributed by atoms with Crippen LogP contribution in [0.2, 0.25) is 0 Å². The molecule has 0 amide bonds. The van der Waals surface area contributed by atoms with Crippen LogP contribution in [0.5, 0.6) is 0 Å². The van der Waals surface area contributed by atoms with Crippen molar-refractivity contribution in [2.75, 3.05) is 7.11 Å². The molecule has 0 saturated heterocycles. The van der Waals surface area contributed by atoms with Crippen LogP contribution in [0.1, 0.15) is 65.7 Å². The lowest BCUT2D eigenvalue weighted by Crippen LogP contribution is -2.51. The molecule has 0 N–H and O–H groups in total. The van der Waals surface area contributed by atoms with E-state index in [0.29, 0.717) is 35.7 Å². The molecular formula is C22H32O3. The van der Waals surface area contributed by atoms with Gasteiger partial charge in [-0.2, -0.15) is 0 Å². The van der Waals surface area contributed by atoms with E-state index >= 15 is 0 Å². The molecule has 4 aliphatic rings. The first-order chi connectivity index (χ1) is 11.8. The molecule has 25 heavy (non-hydrogen) atoms. The first-order valence-corrected chi connectivity index (χ1v) is 10.1. The smallest absolute Gasteiger partial charge is 0.155 e. The van der Waals surface area contributed by atoms with E-state index < -0.39 is 0 Å². The Morgan fingerprint density at radius 1 is 1.16 bits per heavy atom. The van der Waals surface area contributed by atoms with Crippen LogP contribution in [0.3, 0.4) is 0 Å².